The van der Waals surface area contributed by atoms with Gasteiger partial charge in [-0.25, -0.2) is 4.39 Å². The van der Waals surface area contributed by atoms with Crippen LogP contribution in [0.5, 0.6) is 0 Å². The first-order chi connectivity index (χ1) is 10.1. The number of hydrogen-bond acceptors (Lipinski definition) is 4. The average Bonchev–Trinajstić information content (AvgIpc) is 2.87. The van der Waals surface area contributed by atoms with Crippen molar-refractivity contribution in [2.75, 3.05) is 5.73 Å². The van der Waals surface area contributed by atoms with Crippen LogP contribution in [0.15, 0.2) is 36.4 Å². The van der Waals surface area contributed by atoms with E-state index in [1.807, 2.05) is 32.0 Å². The largest absolute Gasteiger partial charge is 0.398 e. The molecule has 5 nitrogen and oxygen atoms in total. The fraction of sp³-hybridized carbons (Fsp3) is 0.133. The molecule has 0 saturated carbocycles. The Morgan fingerprint density at radius 2 is 1.95 bits per heavy atom. The van der Waals surface area contributed by atoms with E-state index in [4.69, 9.17) is 5.73 Å². The van der Waals surface area contributed by atoms with Crippen molar-refractivity contribution in [1.29, 1.82) is 0 Å². The first-order valence-corrected chi connectivity index (χ1v) is 6.48. The molecule has 0 radical (unpaired) electrons. The summed E-state index contributed by atoms with van der Waals surface area (Å²) in [5.74, 6) is 0.0454. The lowest BCUT2D eigenvalue weighted by atomic mass is 10.1. The molecule has 0 atom stereocenters. The van der Waals surface area contributed by atoms with E-state index in [-0.39, 0.29) is 5.82 Å². The molecule has 0 unspecified atom stereocenters. The van der Waals surface area contributed by atoms with Crippen LogP contribution in [0.2, 0.25) is 0 Å². The Hall–Kier alpha value is -2.76. The second-order valence-electron chi connectivity index (χ2n) is 4.91. The fourth-order valence-electron chi connectivity index (χ4n) is 2.28. The van der Waals surface area contributed by atoms with Gasteiger partial charge in [-0.1, -0.05) is 18.2 Å². The van der Waals surface area contributed by atoms with Gasteiger partial charge in [0, 0.05) is 11.3 Å². The van der Waals surface area contributed by atoms with Gasteiger partial charge < -0.3 is 5.73 Å². The molecule has 6 heteroatoms. The number of hydrogen-bond donors (Lipinski definition) is 1. The number of nitrogen functional groups attached to an aromatic ring is 1. The molecular formula is C15H14FN5. The van der Waals surface area contributed by atoms with Crippen molar-refractivity contribution in [3.8, 4) is 17.1 Å². The number of aromatic nitrogens is 4. The lowest BCUT2D eigenvalue weighted by molar-refractivity contribution is 0.606. The SMILES string of the molecule is Cc1ccc(-n2nnnc2-c2c(C)cccc2N)c(F)c1. The highest BCUT2D eigenvalue weighted by atomic mass is 19.1. The molecule has 1 heterocycles. The van der Waals surface area contributed by atoms with E-state index >= 15 is 0 Å². The molecule has 0 saturated heterocycles. The highest BCUT2D eigenvalue weighted by Gasteiger charge is 2.17. The lowest BCUT2D eigenvalue weighted by Crippen LogP contribution is -2.05. The summed E-state index contributed by atoms with van der Waals surface area (Å²) < 4.78 is 15.5. The maximum absolute atomic E-state index is 14.2. The molecule has 21 heavy (non-hydrogen) atoms. The molecule has 0 spiro atoms. The molecular weight excluding hydrogens is 269 g/mol. The van der Waals surface area contributed by atoms with Crippen LogP contribution in [-0.2, 0) is 0 Å². The normalized spacial score (nSPS) is 10.8. The second kappa shape index (κ2) is 4.97. The van der Waals surface area contributed by atoms with E-state index in [1.54, 1.807) is 12.1 Å². The number of rotatable bonds is 2. The summed E-state index contributed by atoms with van der Waals surface area (Å²) in [6.07, 6.45) is 0. The highest BCUT2D eigenvalue weighted by Crippen LogP contribution is 2.29. The van der Waals surface area contributed by atoms with Gasteiger partial charge in [0.05, 0.1) is 0 Å². The van der Waals surface area contributed by atoms with Gasteiger partial charge in [0.15, 0.2) is 5.82 Å². The quantitative estimate of drug-likeness (QED) is 0.734. The molecule has 0 fully saturated rings. The summed E-state index contributed by atoms with van der Waals surface area (Å²) in [7, 11) is 0. The predicted molar refractivity (Wildman–Crippen MR) is 78.4 cm³/mol. The first-order valence-electron chi connectivity index (χ1n) is 6.48. The van der Waals surface area contributed by atoms with Crippen LogP contribution in [0, 0.1) is 19.7 Å². The van der Waals surface area contributed by atoms with Gasteiger partial charge in [0.1, 0.15) is 11.5 Å². The summed E-state index contributed by atoms with van der Waals surface area (Å²) in [6, 6.07) is 10.4. The molecule has 106 valence electrons. The Bertz CT molecular complexity index is 789. The van der Waals surface area contributed by atoms with Crippen LogP contribution in [0.3, 0.4) is 0 Å². The highest BCUT2D eigenvalue weighted by molar-refractivity contribution is 5.75. The van der Waals surface area contributed by atoms with Crippen LogP contribution in [0.4, 0.5) is 10.1 Å². The number of tetrazole rings is 1. The first kappa shape index (κ1) is 13.2. The van der Waals surface area contributed by atoms with Gasteiger partial charge >= 0.3 is 0 Å². The van der Waals surface area contributed by atoms with E-state index in [0.717, 1.165) is 11.1 Å². The Kier molecular flexibility index (Phi) is 3.13. The minimum absolute atomic E-state index is 0.295. The van der Waals surface area contributed by atoms with Gasteiger partial charge in [-0.05, 0) is 53.6 Å². The maximum atomic E-state index is 14.2. The van der Waals surface area contributed by atoms with E-state index in [9.17, 15) is 4.39 Å². The number of nitrogens with zero attached hydrogens (tertiary/aromatic N) is 4. The van der Waals surface area contributed by atoms with Crippen molar-refractivity contribution >= 4 is 5.69 Å². The maximum Gasteiger partial charge on any atom is 0.189 e. The minimum Gasteiger partial charge on any atom is -0.398 e. The summed E-state index contributed by atoms with van der Waals surface area (Å²) in [5, 5.41) is 11.6. The zero-order valence-electron chi connectivity index (χ0n) is 11.7. The van der Waals surface area contributed by atoms with E-state index in [0.29, 0.717) is 22.8 Å². The van der Waals surface area contributed by atoms with Crippen molar-refractivity contribution in [3.05, 3.63) is 53.3 Å². The predicted octanol–water partition coefficient (Wildman–Crippen LogP) is 2.67. The molecule has 0 bridgehead atoms. The summed E-state index contributed by atoms with van der Waals surface area (Å²) in [4.78, 5) is 0. The van der Waals surface area contributed by atoms with Gasteiger partial charge in [0.25, 0.3) is 0 Å². The Labute approximate surface area is 121 Å². The zero-order valence-corrected chi connectivity index (χ0v) is 11.7. The van der Waals surface area contributed by atoms with Crippen LogP contribution in [0.25, 0.3) is 17.1 Å². The summed E-state index contributed by atoms with van der Waals surface area (Å²) in [6.45, 7) is 3.74. The summed E-state index contributed by atoms with van der Waals surface area (Å²) >= 11 is 0. The molecule has 2 aromatic carbocycles. The molecule has 0 aliphatic carbocycles. The standard InChI is InChI=1S/C15H14FN5/c1-9-6-7-13(11(16)8-9)21-15(18-19-20-21)14-10(2)4-3-5-12(14)17/h3-8H,17H2,1-2H3. The van der Waals surface area contributed by atoms with Crippen molar-refractivity contribution in [2.24, 2.45) is 0 Å². The lowest BCUT2D eigenvalue weighted by Gasteiger charge is -2.10. The fourth-order valence-corrected chi connectivity index (χ4v) is 2.28. The monoisotopic (exact) mass is 283 g/mol. The number of benzene rings is 2. The van der Waals surface area contributed by atoms with Crippen molar-refractivity contribution in [2.45, 2.75) is 13.8 Å². The van der Waals surface area contributed by atoms with Crippen molar-refractivity contribution in [1.82, 2.24) is 20.2 Å². The Morgan fingerprint density at radius 1 is 1.14 bits per heavy atom. The Balaban J connectivity index is 2.22. The summed E-state index contributed by atoms with van der Waals surface area (Å²) in [5.41, 5.74) is 9.34. The van der Waals surface area contributed by atoms with Crippen LogP contribution >= 0.6 is 0 Å². The third-order valence-electron chi connectivity index (χ3n) is 3.33. The van der Waals surface area contributed by atoms with Gasteiger partial charge in [0.2, 0.25) is 0 Å². The molecule has 2 N–H and O–H groups in total. The molecule has 0 aliphatic heterocycles. The second-order valence-corrected chi connectivity index (χ2v) is 4.91. The van der Waals surface area contributed by atoms with Crippen molar-refractivity contribution in [3.63, 3.8) is 0 Å². The molecule has 0 amide bonds. The van der Waals surface area contributed by atoms with E-state index in [1.165, 1.54) is 10.7 Å². The number of aryl methyl sites for hydroxylation is 2. The minimum atomic E-state index is -0.379. The van der Waals surface area contributed by atoms with Gasteiger partial charge in [-0.2, -0.15) is 4.68 Å². The van der Waals surface area contributed by atoms with E-state index < -0.39 is 0 Å². The number of anilines is 1. The molecule has 3 aromatic rings. The third kappa shape index (κ3) is 2.24. The van der Waals surface area contributed by atoms with E-state index in [2.05, 4.69) is 15.5 Å². The van der Waals surface area contributed by atoms with Crippen LogP contribution < -0.4 is 5.73 Å². The zero-order chi connectivity index (χ0) is 15.0. The van der Waals surface area contributed by atoms with Crippen LogP contribution in [0.1, 0.15) is 11.1 Å². The third-order valence-corrected chi connectivity index (χ3v) is 3.33. The topological polar surface area (TPSA) is 69.6 Å². The van der Waals surface area contributed by atoms with Crippen molar-refractivity contribution < 1.29 is 4.39 Å². The number of halogens is 1. The molecule has 0 aliphatic rings. The molecule has 3 rings (SSSR count). The average molecular weight is 283 g/mol. The van der Waals surface area contributed by atoms with Gasteiger partial charge in [-0.3, -0.25) is 0 Å². The Morgan fingerprint density at radius 3 is 2.67 bits per heavy atom. The smallest absolute Gasteiger partial charge is 0.189 e. The van der Waals surface area contributed by atoms with Gasteiger partial charge in [-0.15, -0.1) is 5.10 Å². The number of nitrogens with two attached hydrogens (primary N) is 1. The van der Waals surface area contributed by atoms with Crippen LogP contribution in [-0.4, -0.2) is 20.2 Å². The molecule has 1 aromatic heterocycles.